The van der Waals surface area contributed by atoms with Gasteiger partial charge in [0, 0.05) is 35.9 Å². The molecule has 4 heteroatoms. The van der Waals surface area contributed by atoms with E-state index in [2.05, 4.69) is 44.5 Å². The lowest BCUT2D eigenvalue weighted by molar-refractivity contribution is 0.628. The first kappa shape index (κ1) is 12.3. The van der Waals surface area contributed by atoms with E-state index in [9.17, 15) is 0 Å². The normalized spacial score (nSPS) is 12.6. The van der Waals surface area contributed by atoms with E-state index in [1.54, 1.807) is 0 Å². The summed E-state index contributed by atoms with van der Waals surface area (Å²) in [5.74, 6) is 1.04. The molecule has 0 amide bonds. The number of nitrogens with zero attached hydrogens (tertiary/aromatic N) is 2. The predicted octanol–water partition coefficient (Wildman–Crippen LogP) is 2.91. The smallest absolute Gasteiger partial charge is 0.110 e. The van der Waals surface area contributed by atoms with Gasteiger partial charge in [-0.05, 0) is 24.6 Å². The lowest BCUT2D eigenvalue weighted by atomic mass is 10.0. The summed E-state index contributed by atoms with van der Waals surface area (Å²) in [7, 11) is 0. The Kier molecular flexibility index (Phi) is 3.97. The van der Waals surface area contributed by atoms with Crippen molar-refractivity contribution in [2.75, 3.05) is 0 Å². The minimum Gasteiger partial charge on any atom is -0.335 e. The Bertz CT molecular complexity index is 493. The van der Waals surface area contributed by atoms with Crippen LogP contribution >= 0.6 is 15.9 Å². The number of benzene rings is 1. The first-order valence-electron chi connectivity index (χ1n) is 5.71. The molecule has 0 radical (unpaired) electrons. The monoisotopic (exact) mass is 293 g/mol. The van der Waals surface area contributed by atoms with Gasteiger partial charge >= 0.3 is 0 Å². The minimum absolute atomic E-state index is 0.0137. The topological polar surface area (TPSA) is 43.8 Å². The van der Waals surface area contributed by atoms with Crippen LogP contribution < -0.4 is 5.73 Å². The van der Waals surface area contributed by atoms with Gasteiger partial charge in [-0.2, -0.15) is 0 Å². The third kappa shape index (κ3) is 2.96. The summed E-state index contributed by atoms with van der Waals surface area (Å²) in [5, 5.41) is 0. The largest absolute Gasteiger partial charge is 0.335 e. The number of aromatic nitrogens is 2. The lowest BCUT2D eigenvalue weighted by Crippen LogP contribution is -2.16. The zero-order chi connectivity index (χ0) is 12.3. The van der Waals surface area contributed by atoms with Crippen LogP contribution in [0.15, 0.2) is 41.1 Å². The fourth-order valence-corrected chi connectivity index (χ4v) is 2.29. The summed E-state index contributed by atoms with van der Waals surface area (Å²) in [6.45, 7) is 3.04. The molecule has 0 saturated heterocycles. The Balaban J connectivity index is 2.14. The quantitative estimate of drug-likeness (QED) is 0.942. The third-order valence-corrected chi connectivity index (χ3v) is 3.31. The molecule has 0 saturated carbocycles. The summed E-state index contributed by atoms with van der Waals surface area (Å²) < 4.78 is 3.18. The van der Waals surface area contributed by atoms with Crippen molar-refractivity contribution in [2.45, 2.75) is 25.9 Å². The van der Waals surface area contributed by atoms with E-state index in [0.717, 1.165) is 28.8 Å². The summed E-state index contributed by atoms with van der Waals surface area (Å²) in [5.41, 5.74) is 7.33. The second-order valence-electron chi connectivity index (χ2n) is 4.00. The zero-order valence-electron chi connectivity index (χ0n) is 9.81. The fourth-order valence-electron chi connectivity index (χ4n) is 1.87. The molecule has 3 nitrogen and oxygen atoms in total. The first-order chi connectivity index (χ1) is 8.20. The van der Waals surface area contributed by atoms with Crippen LogP contribution in [0.4, 0.5) is 0 Å². The van der Waals surface area contributed by atoms with Crippen molar-refractivity contribution >= 4 is 15.9 Å². The molecule has 1 heterocycles. The van der Waals surface area contributed by atoms with Gasteiger partial charge in [0.25, 0.3) is 0 Å². The molecule has 0 spiro atoms. The molecule has 0 aliphatic heterocycles. The van der Waals surface area contributed by atoms with E-state index in [1.807, 2.05) is 24.5 Å². The Labute approximate surface area is 110 Å². The van der Waals surface area contributed by atoms with Gasteiger partial charge in [-0.25, -0.2) is 4.98 Å². The van der Waals surface area contributed by atoms with E-state index < -0.39 is 0 Å². The summed E-state index contributed by atoms with van der Waals surface area (Å²) in [6, 6.07) is 8.10. The second-order valence-corrected chi connectivity index (χ2v) is 4.91. The SMILES string of the molecule is CCn1ccnc1CC(N)c1cccc(Br)c1. The molecule has 0 aliphatic rings. The average molecular weight is 294 g/mol. The van der Waals surface area contributed by atoms with E-state index in [4.69, 9.17) is 5.73 Å². The molecule has 1 atom stereocenters. The number of hydrogen-bond donors (Lipinski definition) is 1. The van der Waals surface area contributed by atoms with Gasteiger partial charge in [0.1, 0.15) is 5.82 Å². The van der Waals surface area contributed by atoms with Crippen LogP contribution in [-0.2, 0) is 13.0 Å². The number of aryl methyl sites for hydroxylation is 1. The van der Waals surface area contributed by atoms with E-state index >= 15 is 0 Å². The molecule has 0 aliphatic carbocycles. The van der Waals surface area contributed by atoms with Gasteiger partial charge in [-0.1, -0.05) is 28.1 Å². The molecule has 0 fully saturated rings. The molecule has 2 rings (SSSR count). The maximum atomic E-state index is 6.20. The van der Waals surface area contributed by atoms with Crippen molar-refractivity contribution in [2.24, 2.45) is 5.73 Å². The van der Waals surface area contributed by atoms with Crippen LogP contribution in [0.2, 0.25) is 0 Å². The number of hydrogen-bond acceptors (Lipinski definition) is 2. The van der Waals surface area contributed by atoms with Gasteiger partial charge < -0.3 is 10.3 Å². The van der Waals surface area contributed by atoms with E-state index in [0.29, 0.717) is 0 Å². The van der Waals surface area contributed by atoms with Crippen molar-refractivity contribution < 1.29 is 0 Å². The van der Waals surface area contributed by atoms with Gasteiger partial charge in [-0.3, -0.25) is 0 Å². The number of halogens is 1. The minimum atomic E-state index is -0.0137. The highest BCUT2D eigenvalue weighted by Gasteiger charge is 2.10. The van der Waals surface area contributed by atoms with Crippen LogP contribution in [0.5, 0.6) is 0 Å². The maximum absolute atomic E-state index is 6.20. The fraction of sp³-hybridized carbons (Fsp3) is 0.308. The second kappa shape index (κ2) is 5.47. The molecule has 2 N–H and O–H groups in total. The molecule has 90 valence electrons. The maximum Gasteiger partial charge on any atom is 0.110 e. The van der Waals surface area contributed by atoms with Crippen molar-refractivity contribution in [1.82, 2.24) is 9.55 Å². The Hall–Kier alpha value is -1.13. The van der Waals surface area contributed by atoms with Gasteiger partial charge in [-0.15, -0.1) is 0 Å². The van der Waals surface area contributed by atoms with Crippen LogP contribution in [0, 0.1) is 0 Å². The Morgan fingerprint density at radius 2 is 2.29 bits per heavy atom. The van der Waals surface area contributed by atoms with Gasteiger partial charge in [0.05, 0.1) is 0 Å². The molecule has 1 aromatic carbocycles. The van der Waals surface area contributed by atoms with Crippen molar-refractivity contribution in [3.8, 4) is 0 Å². The van der Waals surface area contributed by atoms with Gasteiger partial charge in [0.2, 0.25) is 0 Å². The van der Waals surface area contributed by atoms with Gasteiger partial charge in [0.15, 0.2) is 0 Å². The summed E-state index contributed by atoms with van der Waals surface area (Å²) in [6.07, 6.45) is 4.58. The third-order valence-electron chi connectivity index (χ3n) is 2.82. The molecule has 0 bridgehead atoms. The average Bonchev–Trinajstić information content (AvgIpc) is 2.76. The number of imidazole rings is 1. The van der Waals surface area contributed by atoms with Crippen LogP contribution in [0.1, 0.15) is 24.4 Å². The Morgan fingerprint density at radius 1 is 1.47 bits per heavy atom. The van der Waals surface area contributed by atoms with Crippen molar-refractivity contribution in [1.29, 1.82) is 0 Å². The summed E-state index contributed by atoms with van der Waals surface area (Å²) in [4.78, 5) is 4.35. The molecular formula is C13H16BrN3. The molecule has 17 heavy (non-hydrogen) atoms. The standard InChI is InChI=1S/C13H16BrN3/c1-2-17-7-6-16-13(17)9-12(15)10-4-3-5-11(14)8-10/h3-8,12H,2,9,15H2,1H3. The number of rotatable bonds is 4. The van der Waals surface area contributed by atoms with E-state index in [1.165, 1.54) is 0 Å². The lowest BCUT2D eigenvalue weighted by Gasteiger charge is -2.13. The molecule has 1 unspecified atom stereocenters. The van der Waals surface area contributed by atoms with Crippen molar-refractivity contribution in [3.05, 3.63) is 52.5 Å². The summed E-state index contributed by atoms with van der Waals surface area (Å²) >= 11 is 3.46. The highest BCUT2D eigenvalue weighted by molar-refractivity contribution is 9.10. The van der Waals surface area contributed by atoms with Crippen molar-refractivity contribution in [3.63, 3.8) is 0 Å². The number of nitrogens with two attached hydrogens (primary N) is 1. The molecule has 2 aromatic rings. The highest BCUT2D eigenvalue weighted by Crippen LogP contribution is 2.19. The van der Waals surface area contributed by atoms with Crippen LogP contribution in [0.25, 0.3) is 0 Å². The molecule has 1 aromatic heterocycles. The first-order valence-corrected chi connectivity index (χ1v) is 6.51. The van der Waals surface area contributed by atoms with E-state index in [-0.39, 0.29) is 6.04 Å². The van der Waals surface area contributed by atoms with Crippen LogP contribution in [-0.4, -0.2) is 9.55 Å². The zero-order valence-corrected chi connectivity index (χ0v) is 11.4. The predicted molar refractivity (Wildman–Crippen MR) is 72.7 cm³/mol. The highest BCUT2D eigenvalue weighted by atomic mass is 79.9. The van der Waals surface area contributed by atoms with Crippen LogP contribution in [0.3, 0.4) is 0 Å². The Morgan fingerprint density at radius 3 is 3.00 bits per heavy atom. The molecular weight excluding hydrogens is 278 g/mol.